The summed E-state index contributed by atoms with van der Waals surface area (Å²) in [6, 6.07) is 7.00. The zero-order valence-electron chi connectivity index (χ0n) is 14.6. The molecule has 0 aromatic heterocycles. The van der Waals surface area contributed by atoms with Crippen molar-refractivity contribution in [2.45, 2.75) is 52.0 Å². The Bertz CT molecular complexity index is 473. The van der Waals surface area contributed by atoms with Gasteiger partial charge in [-0.2, -0.15) is 0 Å². The van der Waals surface area contributed by atoms with Gasteiger partial charge in [0.1, 0.15) is 5.75 Å². The van der Waals surface area contributed by atoms with Crippen LogP contribution in [0.3, 0.4) is 0 Å². The summed E-state index contributed by atoms with van der Waals surface area (Å²) in [5.41, 5.74) is 8.90. The minimum Gasteiger partial charge on any atom is -0.497 e. The lowest BCUT2D eigenvalue weighted by atomic mass is 9.83. The molecule has 22 heavy (non-hydrogen) atoms. The van der Waals surface area contributed by atoms with Gasteiger partial charge in [0.2, 0.25) is 0 Å². The van der Waals surface area contributed by atoms with Crippen molar-refractivity contribution < 1.29 is 4.74 Å². The van der Waals surface area contributed by atoms with Gasteiger partial charge in [0.25, 0.3) is 0 Å². The van der Waals surface area contributed by atoms with Crippen molar-refractivity contribution in [3.05, 3.63) is 29.3 Å². The smallest absolute Gasteiger partial charge is 0.119 e. The summed E-state index contributed by atoms with van der Waals surface area (Å²) >= 11 is 0. The summed E-state index contributed by atoms with van der Waals surface area (Å²) in [5, 5.41) is 0. The standard InChI is InChI=1S/C19H32N2O/c1-14(2)13-21-10-6-5-7-19(21)18(12-20)17-9-8-16(22-4)11-15(17)3/h8-9,11,14,18-19H,5-7,10,12-13,20H2,1-4H3. The molecule has 1 aromatic carbocycles. The molecule has 1 saturated heterocycles. The molecular weight excluding hydrogens is 272 g/mol. The molecule has 2 N–H and O–H groups in total. The topological polar surface area (TPSA) is 38.5 Å². The highest BCUT2D eigenvalue weighted by molar-refractivity contribution is 5.38. The second-order valence-electron chi connectivity index (χ2n) is 7.02. The van der Waals surface area contributed by atoms with E-state index in [1.54, 1.807) is 7.11 Å². The summed E-state index contributed by atoms with van der Waals surface area (Å²) in [6.07, 6.45) is 3.91. The van der Waals surface area contributed by atoms with Crippen LogP contribution in [0, 0.1) is 12.8 Å². The highest BCUT2D eigenvalue weighted by Gasteiger charge is 2.31. The van der Waals surface area contributed by atoms with Gasteiger partial charge in [0.05, 0.1) is 7.11 Å². The molecule has 0 radical (unpaired) electrons. The van der Waals surface area contributed by atoms with E-state index in [0.29, 0.717) is 24.4 Å². The molecule has 0 aliphatic carbocycles. The maximum absolute atomic E-state index is 6.21. The number of nitrogens with two attached hydrogens (primary N) is 1. The van der Waals surface area contributed by atoms with Crippen LogP contribution < -0.4 is 10.5 Å². The molecule has 3 heteroatoms. The number of benzene rings is 1. The van der Waals surface area contributed by atoms with Gasteiger partial charge < -0.3 is 10.5 Å². The third kappa shape index (κ3) is 4.02. The number of likely N-dealkylation sites (tertiary alicyclic amines) is 1. The van der Waals surface area contributed by atoms with Crippen LogP contribution in [0.1, 0.15) is 50.2 Å². The first-order valence-electron chi connectivity index (χ1n) is 8.65. The van der Waals surface area contributed by atoms with Crippen LogP contribution in [-0.2, 0) is 0 Å². The maximum atomic E-state index is 6.21. The highest BCUT2D eigenvalue weighted by atomic mass is 16.5. The zero-order valence-corrected chi connectivity index (χ0v) is 14.6. The fraction of sp³-hybridized carbons (Fsp3) is 0.684. The van der Waals surface area contributed by atoms with E-state index < -0.39 is 0 Å². The van der Waals surface area contributed by atoms with Crippen LogP contribution in [0.25, 0.3) is 0 Å². The second-order valence-corrected chi connectivity index (χ2v) is 7.02. The molecule has 1 aromatic rings. The van der Waals surface area contributed by atoms with Gasteiger partial charge in [-0.25, -0.2) is 0 Å². The predicted molar refractivity (Wildman–Crippen MR) is 93.6 cm³/mol. The number of ether oxygens (including phenoxy) is 1. The lowest BCUT2D eigenvalue weighted by Crippen LogP contribution is -2.46. The molecule has 3 nitrogen and oxygen atoms in total. The quantitative estimate of drug-likeness (QED) is 0.873. The van der Waals surface area contributed by atoms with E-state index in [1.807, 2.05) is 0 Å². The van der Waals surface area contributed by atoms with Crippen molar-refractivity contribution in [3.63, 3.8) is 0 Å². The Kier molecular flexibility index (Phi) is 6.27. The summed E-state index contributed by atoms with van der Waals surface area (Å²) in [7, 11) is 1.72. The van der Waals surface area contributed by atoms with E-state index in [9.17, 15) is 0 Å². The third-order valence-electron chi connectivity index (χ3n) is 4.86. The number of nitrogens with zero attached hydrogens (tertiary/aromatic N) is 1. The Hall–Kier alpha value is -1.06. The fourth-order valence-electron chi connectivity index (χ4n) is 3.85. The number of piperidine rings is 1. The van der Waals surface area contributed by atoms with Crippen LogP contribution in [0.15, 0.2) is 18.2 Å². The molecule has 2 unspecified atom stereocenters. The monoisotopic (exact) mass is 304 g/mol. The van der Waals surface area contributed by atoms with Crippen LogP contribution >= 0.6 is 0 Å². The molecule has 124 valence electrons. The number of methoxy groups -OCH3 is 1. The summed E-state index contributed by atoms with van der Waals surface area (Å²) in [5.74, 6) is 2.06. The Morgan fingerprint density at radius 3 is 2.68 bits per heavy atom. The summed E-state index contributed by atoms with van der Waals surface area (Å²) in [4.78, 5) is 2.68. The highest BCUT2D eigenvalue weighted by Crippen LogP contribution is 2.33. The lowest BCUT2D eigenvalue weighted by molar-refractivity contribution is 0.112. The van der Waals surface area contributed by atoms with Crippen molar-refractivity contribution in [1.82, 2.24) is 4.90 Å². The number of hydrogen-bond acceptors (Lipinski definition) is 3. The van der Waals surface area contributed by atoms with Crippen molar-refractivity contribution in [1.29, 1.82) is 0 Å². The number of rotatable bonds is 6. The molecule has 0 bridgehead atoms. The van der Waals surface area contributed by atoms with Crippen LogP contribution in [0.5, 0.6) is 5.75 Å². The number of aryl methyl sites for hydroxylation is 1. The molecular formula is C19H32N2O. The van der Waals surface area contributed by atoms with Gasteiger partial charge >= 0.3 is 0 Å². The second kappa shape index (κ2) is 7.98. The van der Waals surface area contributed by atoms with Crippen LogP contribution in [0.4, 0.5) is 0 Å². The molecule has 1 aliphatic heterocycles. The van der Waals surface area contributed by atoms with Crippen molar-refractivity contribution >= 4 is 0 Å². The molecule has 2 atom stereocenters. The molecule has 1 fully saturated rings. The molecule has 0 spiro atoms. The lowest BCUT2D eigenvalue weighted by Gasteiger charge is -2.41. The molecule has 0 amide bonds. The fourth-order valence-corrected chi connectivity index (χ4v) is 3.85. The molecule has 0 saturated carbocycles. The van der Waals surface area contributed by atoms with Gasteiger partial charge in [0.15, 0.2) is 0 Å². The van der Waals surface area contributed by atoms with Crippen LogP contribution in [0.2, 0.25) is 0 Å². The normalized spacial score (nSPS) is 21.1. The van der Waals surface area contributed by atoms with E-state index in [-0.39, 0.29) is 0 Å². The summed E-state index contributed by atoms with van der Waals surface area (Å²) in [6.45, 7) is 9.90. The average Bonchev–Trinajstić information content (AvgIpc) is 2.50. The first-order valence-corrected chi connectivity index (χ1v) is 8.65. The largest absolute Gasteiger partial charge is 0.497 e. The van der Waals surface area contributed by atoms with Gasteiger partial charge in [-0.1, -0.05) is 26.3 Å². The van der Waals surface area contributed by atoms with Crippen molar-refractivity contribution in [3.8, 4) is 5.75 Å². The van der Waals surface area contributed by atoms with E-state index in [0.717, 1.165) is 5.75 Å². The Labute approximate surface area is 135 Å². The van der Waals surface area contributed by atoms with E-state index >= 15 is 0 Å². The Morgan fingerprint density at radius 1 is 1.32 bits per heavy atom. The van der Waals surface area contributed by atoms with E-state index in [1.165, 1.54) is 43.5 Å². The first kappa shape index (κ1) is 17.3. The van der Waals surface area contributed by atoms with Crippen LogP contribution in [-0.4, -0.2) is 37.7 Å². The minimum atomic E-state index is 0.421. The number of hydrogen-bond donors (Lipinski definition) is 1. The van der Waals surface area contributed by atoms with Crippen molar-refractivity contribution in [2.24, 2.45) is 11.7 Å². The maximum Gasteiger partial charge on any atom is 0.119 e. The van der Waals surface area contributed by atoms with E-state index in [4.69, 9.17) is 10.5 Å². The van der Waals surface area contributed by atoms with Gasteiger partial charge in [-0.15, -0.1) is 0 Å². The zero-order chi connectivity index (χ0) is 16.1. The SMILES string of the molecule is COc1ccc(C(CN)C2CCCCN2CC(C)C)c(C)c1. The first-order chi connectivity index (χ1) is 10.6. The third-order valence-corrected chi connectivity index (χ3v) is 4.86. The predicted octanol–water partition coefficient (Wildman–Crippen LogP) is 3.56. The van der Waals surface area contributed by atoms with E-state index in [2.05, 4.69) is 43.9 Å². The Balaban J connectivity index is 2.25. The van der Waals surface area contributed by atoms with Crippen molar-refractivity contribution in [2.75, 3.05) is 26.7 Å². The van der Waals surface area contributed by atoms with Gasteiger partial charge in [0, 0.05) is 25.0 Å². The molecule has 2 rings (SSSR count). The molecule has 1 aliphatic rings. The minimum absolute atomic E-state index is 0.421. The van der Waals surface area contributed by atoms with Gasteiger partial charge in [-0.3, -0.25) is 4.90 Å². The molecule has 1 heterocycles. The average molecular weight is 304 g/mol. The summed E-state index contributed by atoms with van der Waals surface area (Å²) < 4.78 is 5.34. The Morgan fingerprint density at radius 2 is 2.09 bits per heavy atom. The van der Waals surface area contributed by atoms with Gasteiger partial charge in [-0.05, 0) is 55.5 Å².